The van der Waals surface area contributed by atoms with Crippen molar-refractivity contribution >= 4 is 0 Å². The molecule has 2 saturated carbocycles. The van der Waals surface area contributed by atoms with Crippen LogP contribution in [-0.4, -0.2) is 30.7 Å². The maximum absolute atomic E-state index is 2.48. The highest BCUT2D eigenvalue weighted by molar-refractivity contribution is 4.74. The quantitative estimate of drug-likeness (QED) is 0.550. The minimum Gasteiger partial charge on any atom is -1.00 e. The first kappa shape index (κ1) is 12.0. The van der Waals surface area contributed by atoms with Crippen molar-refractivity contribution in [2.24, 2.45) is 0 Å². The molecule has 0 aromatic heterocycles. The molecule has 2 aliphatic rings. The van der Waals surface area contributed by atoms with Gasteiger partial charge in [0.1, 0.15) is 0 Å². The van der Waals surface area contributed by atoms with Crippen molar-refractivity contribution in [1.82, 2.24) is 0 Å². The lowest BCUT2D eigenvalue weighted by atomic mass is 10.1. The molecule has 0 radical (unpaired) electrons. The first-order valence-electron chi connectivity index (χ1n) is 6.04. The molecule has 14 heavy (non-hydrogen) atoms. The topological polar surface area (TPSA) is 0 Å². The van der Waals surface area contributed by atoms with Gasteiger partial charge in [0.15, 0.2) is 0 Å². The summed E-state index contributed by atoms with van der Waals surface area (Å²) in [5.41, 5.74) is 0. The SMILES string of the molecule is C[N+](C)(C1CCCC1)C1CCCC1.[F-]. The Morgan fingerprint density at radius 1 is 0.714 bits per heavy atom. The summed E-state index contributed by atoms with van der Waals surface area (Å²) in [7, 11) is 4.96. The smallest absolute Gasteiger partial charge is 0.0888 e. The Morgan fingerprint density at radius 3 is 1.29 bits per heavy atom. The van der Waals surface area contributed by atoms with Crippen molar-refractivity contribution in [1.29, 1.82) is 0 Å². The molecule has 1 nitrogen and oxygen atoms in total. The van der Waals surface area contributed by atoms with Crippen LogP contribution in [0.1, 0.15) is 51.4 Å². The van der Waals surface area contributed by atoms with Gasteiger partial charge >= 0.3 is 0 Å². The lowest BCUT2D eigenvalue weighted by Gasteiger charge is -2.41. The van der Waals surface area contributed by atoms with Crippen LogP contribution >= 0.6 is 0 Å². The normalized spacial score (nSPS) is 25.3. The lowest BCUT2D eigenvalue weighted by molar-refractivity contribution is -0.937. The Labute approximate surface area is 87.4 Å². The van der Waals surface area contributed by atoms with Crippen LogP contribution in [0.5, 0.6) is 0 Å². The molecule has 0 bridgehead atoms. The van der Waals surface area contributed by atoms with Crippen LogP contribution < -0.4 is 4.70 Å². The predicted molar refractivity (Wildman–Crippen MR) is 56.6 cm³/mol. The molecule has 0 aliphatic heterocycles. The fourth-order valence-corrected chi connectivity index (χ4v) is 3.44. The van der Waals surface area contributed by atoms with Crippen LogP contribution in [0.25, 0.3) is 0 Å². The zero-order valence-electron chi connectivity index (χ0n) is 9.64. The summed E-state index contributed by atoms with van der Waals surface area (Å²) in [5.74, 6) is 0. The van der Waals surface area contributed by atoms with Crippen molar-refractivity contribution in [2.75, 3.05) is 14.1 Å². The predicted octanol–water partition coefficient (Wildman–Crippen LogP) is -0.0480. The molecule has 0 heterocycles. The van der Waals surface area contributed by atoms with E-state index in [1.807, 2.05) is 0 Å². The Hall–Kier alpha value is -0.110. The van der Waals surface area contributed by atoms with Gasteiger partial charge in [-0.3, -0.25) is 0 Å². The van der Waals surface area contributed by atoms with E-state index in [0.29, 0.717) is 0 Å². The number of hydrogen-bond donors (Lipinski definition) is 0. The van der Waals surface area contributed by atoms with E-state index in [-0.39, 0.29) is 4.70 Å². The van der Waals surface area contributed by atoms with Gasteiger partial charge in [0.05, 0.1) is 26.2 Å². The Morgan fingerprint density at radius 2 is 1.00 bits per heavy atom. The average Bonchev–Trinajstić information content (AvgIpc) is 2.78. The highest BCUT2D eigenvalue weighted by Gasteiger charge is 2.38. The fourth-order valence-electron chi connectivity index (χ4n) is 3.44. The van der Waals surface area contributed by atoms with Gasteiger partial charge in [0.2, 0.25) is 0 Å². The van der Waals surface area contributed by atoms with Crippen LogP contribution in [0, 0.1) is 0 Å². The molecule has 0 amide bonds. The van der Waals surface area contributed by atoms with E-state index in [2.05, 4.69) is 14.1 Å². The van der Waals surface area contributed by atoms with Crippen molar-refractivity contribution in [3.8, 4) is 0 Å². The van der Waals surface area contributed by atoms with Gasteiger partial charge in [-0.15, -0.1) is 0 Å². The summed E-state index contributed by atoms with van der Waals surface area (Å²) >= 11 is 0. The van der Waals surface area contributed by atoms with Gasteiger partial charge in [-0.25, -0.2) is 0 Å². The molecule has 2 rings (SSSR count). The van der Waals surface area contributed by atoms with Gasteiger partial charge in [0, 0.05) is 0 Å². The molecule has 0 N–H and O–H groups in total. The second-order valence-electron chi connectivity index (χ2n) is 5.51. The molecule has 0 unspecified atom stereocenters. The molecular weight excluding hydrogens is 177 g/mol. The monoisotopic (exact) mass is 201 g/mol. The molecular formula is C12H24FN. The van der Waals surface area contributed by atoms with Crippen LogP contribution in [0.3, 0.4) is 0 Å². The van der Waals surface area contributed by atoms with Crippen LogP contribution in [-0.2, 0) is 0 Å². The average molecular weight is 201 g/mol. The highest BCUT2D eigenvalue weighted by atomic mass is 19.0. The molecule has 2 aliphatic carbocycles. The highest BCUT2D eigenvalue weighted by Crippen LogP contribution is 2.34. The van der Waals surface area contributed by atoms with E-state index >= 15 is 0 Å². The van der Waals surface area contributed by atoms with Crippen LogP contribution in [0.4, 0.5) is 0 Å². The molecule has 0 aromatic carbocycles. The largest absolute Gasteiger partial charge is 1.00 e. The van der Waals surface area contributed by atoms with E-state index in [9.17, 15) is 0 Å². The number of halogens is 1. The van der Waals surface area contributed by atoms with E-state index < -0.39 is 0 Å². The summed E-state index contributed by atoms with van der Waals surface area (Å²) in [6.45, 7) is 0. The molecule has 0 aromatic rings. The summed E-state index contributed by atoms with van der Waals surface area (Å²) in [6, 6.07) is 1.98. The third-order valence-corrected chi connectivity index (χ3v) is 4.53. The minimum atomic E-state index is 0. The van der Waals surface area contributed by atoms with Gasteiger partial charge < -0.3 is 9.19 Å². The summed E-state index contributed by atoms with van der Waals surface area (Å²) in [5, 5.41) is 0. The maximum Gasteiger partial charge on any atom is 0.0888 e. The van der Waals surface area contributed by atoms with E-state index in [1.54, 1.807) is 0 Å². The second-order valence-corrected chi connectivity index (χ2v) is 5.51. The van der Waals surface area contributed by atoms with Crippen molar-refractivity contribution in [3.05, 3.63) is 0 Å². The van der Waals surface area contributed by atoms with Crippen molar-refractivity contribution in [2.45, 2.75) is 63.5 Å². The maximum atomic E-state index is 2.48. The molecule has 2 heteroatoms. The van der Waals surface area contributed by atoms with E-state index in [1.165, 1.54) is 55.8 Å². The van der Waals surface area contributed by atoms with Crippen molar-refractivity contribution < 1.29 is 9.19 Å². The number of hydrogen-bond acceptors (Lipinski definition) is 0. The van der Waals surface area contributed by atoms with Crippen LogP contribution in [0.15, 0.2) is 0 Å². The van der Waals surface area contributed by atoms with Gasteiger partial charge in [-0.05, 0) is 51.4 Å². The third kappa shape index (κ3) is 2.10. The number of rotatable bonds is 2. The zero-order valence-corrected chi connectivity index (χ0v) is 9.64. The molecule has 0 atom stereocenters. The van der Waals surface area contributed by atoms with Gasteiger partial charge in [-0.1, -0.05) is 0 Å². The first-order valence-corrected chi connectivity index (χ1v) is 6.04. The Kier molecular flexibility index (Phi) is 3.94. The summed E-state index contributed by atoms with van der Waals surface area (Å²) in [4.78, 5) is 0. The second kappa shape index (κ2) is 4.61. The fraction of sp³-hybridized carbons (Fsp3) is 1.00. The lowest BCUT2D eigenvalue weighted by Crippen LogP contribution is -3.00. The van der Waals surface area contributed by atoms with Crippen molar-refractivity contribution in [3.63, 3.8) is 0 Å². The number of quaternary nitrogens is 1. The molecule has 0 saturated heterocycles. The molecule has 84 valence electrons. The summed E-state index contributed by atoms with van der Waals surface area (Å²) in [6.07, 6.45) is 11.9. The van der Waals surface area contributed by atoms with E-state index in [0.717, 1.165) is 12.1 Å². The Balaban J connectivity index is 0.000000980. The standard InChI is InChI=1S/C12H24N.FH/c1-13(2,11-7-3-4-8-11)12-9-5-6-10-12;/h11-12H,3-10H2,1-2H3;1H/q+1;/p-1. The zero-order chi connectivity index (χ0) is 9.31. The Bertz CT molecular complexity index is 149. The summed E-state index contributed by atoms with van der Waals surface area (Å²) < 4.78 is 1.33. The van der Waals surface area contributed by atoms with E-state index in [4.69, 9.17) is 0 Å². The molecule has 2 fully saturated rings. The molecule has 0 spiro atoms. The third-order valence-electron chi connectivity index (χ3n) is 4.53. The first-order chi connectivity index (χ1) is 6.21. The van der Waals surface area contributed by atoms with Gasteiger partial charge in [0.25, 0.3) is 0 Å². The van der Waals surface area contributed by atoms with Crippen LogP contribution in [0.2, 0.25) is 0 Å². The minimum absolute atomic E-state index is 0. The number of nitrogens with zero attached hydrogens (tertiary/aromatic N) is 1. The van der Waals surface area contributed by atoms with Gasteiger partial charge in [-0.2, -0.15) is 0 Å².